The van der Waals surface area contributed by atoms with Crippen molar-refractivity contribution in [2.75, 3.05) is 14.2 Å². The summed E-state index contributed by atoms with van der Waals surface area (Å²) in [5.41, 5.74) is 0.102. The molecule has 0 spiro atoms. The van der Waals surface area contributed by atoms with E-state index in [0.717, 1.165) is 0 Å². The zero-order valence-corrected chi connectivity index (χ0v) is 12.9. The maximum Gasteiger partial charge on any atom is 0.336 e. The summed E-state index contributed by atoms with van der Waals surface area (Å²) in [5.74, 6) is -0.0554. The smallest absolute Gasteiger partial charge is 0.336 e. The number of hydrogen-bond acceptors (Lipinski definition) is 5. The van der Waals surface area contributed by atoms with E-state index < -0.39 is 11.4 Å². The second kappa shape index (κ2) is 6.76. The van der Waals surface area contributed by atoms with Crippen molar-refractivity contribution >= 4 is 24.7 Å². The van der Waals surface area contributed by atoms with Crippen LogP contribution < -0.4 is 14.2 Å². The Kier molecular flexibility index (Phi) is 5.01. The van der Waals surface area contributed by atoms with E-state index in [1.807, 2.05) is 0 Å². The Balaban J connectivity index is 0.000000477. The predicted molar refractivity (Wildman–Crippen MR) is 82.8 cm³/mol. The van der Waals surface area contributed by atoms with Gasteiger partial charge in [0, 0.05) is 5.56 Å². The SMILES string of the molecule is C1CC1.COc1cc(C(=O)O)c2c(c1OC)OC(S)C=C2. The molecule has 5 nitrogen and oxygen atoms in total. The van der Waals surface area contributed by atoms with E-state index in [4.69, 9.17) is 14.2 Å². The summed E-state index contributed by atoms with van der Waals surface area (Å²) in [6.07, 6.45) is 7.81. The van der Waals surface area contributed by atoms with Crippen molar-refractivity contribution in [2.45, 2.75) is 24.7 Å². The van der Waals surface area contributed by atoms with Crippen molar-refractivity contribution in [3.63, 3.8) is 0 Å². The van der Waals surface area contributed by atoms with E-state index in [9.17, 15) is 9.90 Å². The summed E-state index contributed by atoms with van der Waals surface area (Å²) in [6.45, 7) is 0. The monoisotopic (exact) mass is 310 g/mol. The van der Waals surface area contributed by atoms with Crippen LogP contribution in [0.25, 0.3) is 6.08 Å². The van der Waals surface area contributed by atoms with E-state index >= 15 is 0 Å². The lowest BCUT2D eigenvalue weighted by Crippen LogP contribution is -2.14. The first-order chi connectivity index (χ1) is 10.1. The van der Waals surface area contributed by atoms with E-state index in [1.54, 1.807) is 12.2 Å². The minimum atomic E-state index is -1.06. The molecule has 1 aliphatic carbocycles. The third kappa shape index (κ3) is 3.64. The lowest BCUT2D eigenvalue weighted by atomic mass is 10.0. The number of hydrogen-bond donors (Lipinski definition) is 2. The van der Waals surface area contributed by atoms with Crippen LogP contribution in [0.15, 0.2) is 12.1 Å². The molecule has 1 heterocycles. The summed E-state index contributed by atoms with van der Waals surface area (Å²) in [4.78, 5) is 11.2. The molecular formula is C15H18O5S. The third-order valence-corrected chi connectivity index (χ3v) is 3.19. The van der Waals surface area contributed by atoms with E-state index in [2.05, 4.69) is 12.6 Å². The van der Waals surface area contributed by atoms with Gasteiger partial charge in [-0.1, -0.05) is 19.3 Å². The number of aromatic carboxylic acids is 1. The zero-order valence-electron chi connectivity index (χ0n) is 12.0. The molecule has 114 valence electrons. The Morgan fingerprint density at radius 2 is 2.00 bits per heavy atom. The summed E-state index contributed by atoms with van der Waals surface area (Å²) in [7, 11) is 2.90. The van der Waals surface area contributed by atoms with Gasteiger partial charge in [0.2, 0.25) is 5.75 Å². The maximum atomic E-state index is 11.2. The number of carbonyl (C=O) groups is 1. The molecule has 1 fully saturated rings. The Hall–Kier alpha value is -1.82. The quantitative estimate of drug-likeness (QED) is 0.839. The highest BCUT2D eigenvalue weighted by molar-refractivity contribution is 7.81. The minimum Gasteiger partial charge on any atom is -0.493 e. The highest BCUT2D eigenvalue weighted by Gasteiger charge is 2.26. The Morgan fingerprint density at radius 1 is 1.33 bits per heavy atom. The van der Waals surface area contributed by atoms with Crippen molar-refractivity contribution in [3.05, 3.63) is 23.3 Å². The number of methoxy groups -OCH3 is 2. The van der Waals surface area contributed by atoms with E-state index in [1.165, 1.54) is 39.5 Å². The first-order valence-electron chi connectivity index (χ1n) is 6.63. The second-order valence-electron chi connectivity index (χ2n) is 4.64. The van der Waals surface area contributed by atoms with Crippen molar-refractivity contribution in [1.82, 2.24) is 0 Å². The molecular weight excluding hydrogens is 292 g/mol. The van der Waals surface area contributed by atoms with Gasteiger partial charge in [-0.15, -0.1) is 12.6 Å². The van der Waals surface area contributed by atoms with E-state index in [0.29, 0.717) is 22.8 Å². The third-order valence-electron chi connectivity index (χ3n) is 2.91. The molecule has 2 aliphatic rings. The summed E-state index contributed by atoms with van der Waals surface area (Å²) >= 11 is 4.17. The largest absolute Gasteiger partial charge is 0.493 e. The average molecular weight is 310 g/mol. The molecule has 1 N–H and O–H groups in total. The van der Waals surface area contributed by atoms with Crippen LogP contribution in [0, 0.1) is 0 Å². The number of ether oxygens (including phenoxy) is 3. The molecule has 0 saturated heterocycles. The highest BCUT2D eigenvalue weighted by atomic mass is 32.1. The lowest BCUT2D eigenvalue weighted by Gasteiger charge is -2.22. The molecule has 21 heavy (non-hydrogen) atoms. The molecule has 1 aliphatic heterocycles. The van der Waals surface area contributed by atoms with Crippen LogP contribution in [0.2, 0.25) is 0 Å². The van der Waals surface area contributed by atoms with Crippen molar-refractivity contribution in [3.8, 4) is 17.2 Å². The molecule has 1 atom stereocenters. The number of rotatable bonds is 3. The van der Waals surface area contributed by atoms with Gasteiger partial charge in [0.05, 0.1) is 19.8 Å². The molecule has 0 bridgehead atoms. The van der Waals surface area contributed by atoms with Crippen LogP contribution in [0.5, 0.6) is 17.2 Å². The van der Waals surface area contributed by atoms with Crippen LogP contribution in [-0.2, 0) is 0 Å². The van der Waals surface area contributed by atoms with Gasteiger partial charge in [-0.3, -0.25) is 0 Å². The molecule has 0 aromatic heterocycles. The minimum absolute atomic E-state index is 0.0964. The number of carboxylic acid groups (broad SMARTS) is 1. The molecule has 6 heteroatoms. The topological polar surface area (TPSA) is 65.0 Å². The van der Waals surface area contributed by atoms with Crippen LogP contribution in [-0.4, -0.2) is 30.7 Å². The predicted octanol–water partition coefficient (Wildman–Crippen LogP) is 3.23. The Labute approximate surface area is 128 Å². The standard InChI is InChI=1S/C12H12O5S.C3H6/c1-15-8-5-7(12(13)14)6-3-4-9(18)17-10(6)11(8)16-2;1-2-3-1/h3-5,9,18H,1-2H3,(H,13,14);1-3H2. The number of thiol groups is 1. The molecule has 1 aromatic carbocycles. The first-order valence-corrected chi connectivity index (χ1v) is 7.15. The highest BCUT2D eigenvalue weighted by Crippen LogP contribution is 2.45. The van der Waals surface area contributed by atoms with Gasteiger partial charge in [0.15, 0.2) is 16.9 Å². The van der Waals surface area contributed by atoms with Crippen molar-refractivity contribution < 1.29 is 24.1 Å². The number of carboxylic acids is 1. The zero-order chi connectivity index (χ0) is 15.4. The van der Waals surface area contributed by atoms with Gasteiger partial charge in [-0.25, -0.2) is 4.79 Å². The second-order valence-corrected chi connectivity index (χ2v) is 5.14. The van der Waals surface area contributed by atoms with Gasteiger partial charge < -0.3 is 19.3 Å². The number of benzene rings is 1. The Bertz CT molecular complexity index is 563. The summed E-state index contributed by atoms with van der Waals surface area (Å²) < 4.78 is 15.8. The summed E-state index contributed by atoms with van der Waals surface area (Å²) in [6, 6.07) is 1.41. The van der Waals surface area contributed by atoms with Gasteiger partial charge in [-0.05, 0) is 18.2 Å². The van der Waals surface area contributed by atoms with Crippen molar-refractivity contribution in [2.24, 2.45) is 0 Å². The molecule has 1 aromatic rings. The van der Waals surface area contributed by atoms with Crippen molar-refractivity contribution in [1.29, 1.82) is 0 Å². The average Bonchev–Trinajstić information content (AvgIpc) is 3.33. The van der Waals surface area contributed by atoms with Crippen LogP contribution in [0.4, 0.5) is 0 Å². The molecule has 0 radical (unpaired) electrons. The Morgan fingerprint density at radius 3 is 2.48 bits per heavy atom. The van der Waals surface area contributed by atoms with Crippen LogP contribution in [0.1, 0.15) is 35.2 Å². The number of fused-ring (bicyclic) bond motifs is 1. The van der Waals surface area contributed by atoms with Gasteiger partial charge in [0.1, 0.15) is 0 Å². The fourth-order valence-corrected chi connectivity index (χ4v) is 1.97. The molecule has 0 amide bonds. The lowest BCUT2D eigenvalue weighted by molar-refractivity contribution is 0.0695. The van der Waals surface area contributed by atoms with Gasteiger partial charge >= 0.3 is 5.97 Å². The van der Waals surface area contributed by atoms with Crippen LogP contribution >= 0.6 is 12.6 Å². The van der Waals surface area contributed by atoms with Gasteiger partial charge in [-0.2, -0.15) is 0 Å². The molecule has 1 saturated carbocycles. The maximum absolute atomic E-state index is 11.2. The first kappa shape index (κ1) is 15.6. The van der Waals surface area contributed by atoms with Crippen LogP contribution in [0.3, 0.4) is 0 Å². The fraction of sp³-hybridized carbons (Fsp3) is 0.400. The summed E-state index contributed by atoms with van der Waals surface area (Å²) in [5, 5.41) is 9.19. The van der Waals surface area contributed by atoms with Gasteiger partial charge in [0.25, 0.3) is 0 Å². The molecule has 3 rings (SSSR count). The normalized spacial score (nSPS) is 17.8. The molecule has 1 unspecified atom stereocenters. The van der Waals surface area contributed by atoms with E-state index in [-0.39, 0.29) is 5.56 Å². The fourth-order valence-electron chi connectivity index (χ4n) is 1.77.